The third-order valence-electron chi connectivity index (χ3n) is 4.01. The molecule has 1 aromatic carbocycles. The van der Waals surface area contributed by atoms with E-state index in [1.807, 2.05) is 24.3 Å². The van der Waals surface area contributed by atoms with E-state index in [9.17, 15) is 9.59 Å². The summed E-state index contributed by atoms with van der Waals surface area (Å²) < 4.78 is 0. The third-order valence-corrected chi connectivity index (χ3v) is 4.01. The minimum atomic E-state index is -0.126. The molecular formula is C15H19N3O2. The number of hydrogen-bond acceptors (Lipinski definition) is 3. The summed E-state index contributed by atoms with van der Waals surface area (Å²) in [5.41, 5.74) is 1.53. The van der Waals surface area contributed by atoms with Gasteiger partial charge in [0.2, 0.25) is 11.8 Å². The predicted octanol–water partition coefficient (Wildman–Crippen LogP) is 1.36. The lowest BCUT2D eigenvalue weighted by molar-refractivity contribution is -0.125. The number of nitrogens with zero attached hydrogens (tertiary/aromatic N) is 1. The molecule has 5 heteroatoms. The van der Waals surface area contributed by atoms with Gasteiger partial charge < -0.3 is 15.5 Å². The molecule has 2 N–H and O–H groups in total. The van der Waals surface area contributed by atoms with Gasteiger partial charge in [-0.2, -0.15) is 0 Å². The van der Waals surface area contributed by atoms with E-state index in [2.05, 4.69) is 17.6 Å². The maximum atomic E-state index is 12.7. The molecule has 0 spiro atoms. The van der Waals surface area contributed by atoms with Gasteiger partial charge in [-0.25, -0.2) is 0 Å². The van der Waals surface area contributed by atoms with E-state index >= 15 is 0 Å². The van der Waals surface area contributed by atoms with Crippen molar-refractivity contribution in [3.8, 4) is 0 Å². The van der Waals surface area contributed by atoms with Gasteiger partial charge in [0.05, 0.1) is 11.4 Å². The molecule has 0 radical (unpaired) electrons. The second-order valence-corrected chi connectivity index (χ2v) is 5.57. The van der Waals surface area contributed by atoms with Crippen LogP contribution in [0.4, 0.5) is 11.4 Å². The van der Waals surface area contributed by atoms with E-state index in [0.717, 1.165) is 30.8 Å². The summed E-state index contributed by atoms with van der Waals surface area (Å²) in [7, 11) is 0. The molecule has 2 aliphatic heterocycles. The zero-order valence-electron chi connectivity index (χ0n) is 11.6. The maximum Gasteiger partial charge on any atom is 0.244 e. The van der Waals surface area contributed by atoms with Crippen molar-refractivity contribution in [2.75, 3.05) is 23.3 Å². The van der Waals surface area contributed by atoms with E-state index < -0.39 is 0 Å². The van der Waals surface area contributed by atoms with Crippen LogP contribution in [0.1, 0.15) is 19.8 Å². The number of piperidine rings is 1. The van der Waals surface area contributed by atoms with Crippen molar-refractivity contribution in [3.05, 3.63) is 24.3 Å². The first-order valence-electron chi connectivity index (χ1n) is 7.09. The molecule has 2 heterocycles. The van der Waals surface area contributed by atoms with Crippen molar-refractivity contribution in [2.45, 2.75) is 25.8 Å². The first-order chi connectivity index (χ1) is 9.65. The lowest BCUT2D eigenvalue weighted by atomic mass is 9.91. The zero-order valence-corrected chi connectivity index (χ0v) is 11.6. The smallest absolute Gasteiger partial charge is 0.244 e. The Kier molecular flexibility index (Phi) is 3.44. The average Bonchev–Trinajstić information content (AvgIpc) is 2.45. The summed E-state index contributed by atoms with van der Waals surface area (Å²) in [6.45, 7) is 3.07. The van der Waals surface area contributed by atoms with Gasteiger partial charge in [-0.15, -0.1) is 0 Å². The van der Waals surface area contributed by atoms with Gasteiger partial charge in [-0.1, -0.05) is 12.1 Å². The van der Waals surface area contributed by atoms with Gasteiger partial charge in [-0.3, -0.25) is 9.59 Å². The Labute approximate surface area is 118 Å². The van der Waals surface area contributed by atoms with Crippen LogP contribution in [0.25, 0.3) is 0 Å². The quantitative estimate of drug-likeness (QED) is 0.812. The number of rotatable bonds is 1. The Balaban J connectivity index is 1.86. The number of hydrogen-bond donors (Lipinski definition) is 2. The fourth-order valence-corrected chi connectivity index (χ4v) is 3.01. The third kappa shape index (κ3) is 2.41. The minimum absolute atomic E-state index is 0.00482. The van der Waals surface area contributed by atoms with Crippen LogP contribution >= 0.6 is 0 Å². The Morgan fingerprint density at radius 1 is 1.35 bits per heavy atom. The fourth-order valence-electron chi connectivity index (χ4n) is 3.01. The Morgan fingerprint density at radius 3 is 2.95 bits per heavy atom. The number of para-hydroxylation sites is 2. The van der Waals surface area contributed by atoms with Crippen LogP contribution in [0.2, 0.25) is 0 Å². The molecule has 1 aromatic rings. The van der Waals surface area contributed by atoms with Crippen molar-refractivity contribution < 1.29 is 9.59 Å². The highest BCUT2D eigenvalue weighted by Gasteiger charge is 2.33. The number of carbonyl (C=O) groups is 2. The van der Waals surface area contributed by atoms with E-state index in [1.165, 1.54) is 0 Å². The largest absolute Gasteiger partial charge is 0.323 e. The molecule has 0 aliphatic carbocycles. The normalized spacial score (nSPS) is 25.9. The second-order valence-electron chi connectivity index (χ2n) is 5.57. The molecular weight excluding hydrogens is 254 g/mol. The second kappa shape index (κ2) is 5.25. The zero-order chi connectivity index (χ0) is 14.1. The Morgan fingerprint density at radius 2 is 2.15 bits per heavy atom. The van der Waals surface area contributed by atoms with Gasteiger partial charge >= 0.3 is 0 Å². The molecule has 0 saturated carbocycles. The number of nitrogens with one attached hydrogen (secondary N) is 2. The Hall–Kier alpha value is -1.88. The lowest BCUT2D eigenvalue weighted by Gasteiger charge is -2.34. The maximum absolute atomic E-state index is 12.7. The van der Waals surface area contributed by atoms with Crippen molar-refractivity contribution in [1.82, 2.24) is 5.32 Å². The standard InChI is InChI=1S/C15H19N3O2/c1-10-8-11(6-7-16-10)15(20)18-9-14(19)17-12-4-2-3-5-13(12)18/h2-5,10-11,16H,6-9H2,1H3,(H,17,19). The summed E-state index contributed by atoms with van der Waals surface area (Å²) in [6, 6.07) is 7.82. The van der Waals surface area contributed by atoms with Crippen molar-refractivity contribution in [3.63, 3.8) is 0 Å². The lowest BCUT2D eigenvalue weighted by Crippen LogP contribution is -2.48. The van der Waals surface area contributed by atoms with Crippen LogP contribution in [0.5, 0.6) is 0 Å². The predicted molar refractivity (Wildman–Crippen MR) is 77.6 cm³/mol. The first kappa shape index (κ1) is 13.1. The number of fused-ring (bicyclic) bond motifs is 1. The number of anilines is 2. The summed E-state index contributed by atoms with van der Waals surface area (Å²) >= 11 is 0. The van der Waals surface area contributed by atoms with Crippen molar-refractivity contribution in [1.29, 1.82) is 0 Å². The van der Waals surface area contributed by atoms with Crippen LogP contribution in [-0.4, -0.2) is 30.9 Å². The molecule has 3 rings (SSSR count). The molecule has 0 aromatic heterocycles. The molecule has 2 amide bonds. The minimum Gasteiger partial charge on any atom is -0.323 e. The van der Waals surface area contributed by atoms with Crippen molar-refractivity contribution >= 4 is 23.2 Å². The SMILES string of the molecule is CC1CC(C(=O)N2CC(=O)Nc3ccccc32)CCN1. The van der Waals surface area contributed by atoms with Crippen LogP contribution in [0.15, 0.2) is 24.3 Å². The molecule has 20 heavy (non-hydrogen) atoms. The molecule has 1 fully saturated rings. The van der Waals surface area contributed by atoms with Gasteiger partial charge in [0, 0.05) is 12.0 Å². The molecule has 2 unspecified atom stereocenters. The monoisotopic (exact) mass is 273 g/mol. The summed E-state index contributed by atoms with van der Waals surface area (Å²) in [4.78, 5) is 26.1. The fraction of sp³-hybridized carbons (Fsp3) is 0.467. The van der Waals surface area contributed by atoms with Gasteiger partial charge in [-0.05, 0) is 38.4 Å². The number of amides is 2. The summed E-state index contributed by atoms with van der Waals surface area (Å²) in [5.74, 6) is -0.0510. The number of carbonyl (C=O) groups excluding carboxylic acids is 2. The highest BCUT2D eigenvalue weighted by molar-refractivity contribution is 6.10. The number of benzene rings is 1. The molecule has 0 bridgehead atoms. The van der Waals surface area contributed by atoms with E-state index in [0.29, 0.717) is 6.04 Å². The van der Waals surface area contributed by atoms with Gasteiger partial charge in [0.1, 0.15) is 6.54 Å². The first-order valence-corrected chi connectivity index (χ1v) is 7.09. The summed E-state index contributed by atoms with van der Waals surface area (Å²) in [5, 5.41) is 6.16. The molecule has 5 nitrogen and oxygen atoms in total. The van der Waals surface area contributed by atoms with Crippen LogP contribution in [0, 0.1) is 5.92 Å². The average molecular weight is 273 g/mol. The van der Waals surface area contributed by atoms with Crippen molar-refractivity contribution in [2.24, 2.45) is 5.92 Å². The molecule has 106 valence electrons. The van der Waals surface area contributed by atoms with Gasteiger partial charge in [0.15, 0.2) is 0 Å². The van der Waals surface area contributed by atoms with Gasteiger partial charge in [0.25, 0.3) is 0 Å². The van der Waals surface area contributed by atoms with Crippen LogP contribution in [0.3, 0.4) is 0 Å². The molecule has 1 saturated heterocycles. The highest BCUT2D eigenvalue weighted by atomic mass is 16.2. The van der Waals surface area contributed by atoms with E-state index in [-0.39, 0.29) is 24.3 Å². The van der Waals surface area contributed by atoms with E-state index in [4.69, 9.17) is 0 Å². The molecule has 2 atom stereocenters. The summed E-state index contributed by atoms with van der Waals surface area (Å²) in [6.07, 6.45) is 1.67. The van der Waals surface area contributed by atoms with Crippen LogP contribution < -0.4 is 15.5 Å². The highest BCUT2D eigenvalue weighted by Crippen LogP contribution is 2.31. The topological polar surface area (TPSA) is 61.4 Å². The molecule has 2 aliphatic rings. The Bertz CT molecular complexity index is 544. The van der Waals surface area contributed by atoms with E-state index in [1.54, 1.807) is 4.90 Å². The van der Waals surface area contributed by atoms with Crippen LogP contribution in [-0.2, 0) is 9.59 Å².